The number of ether oxygens (including phenoxy) is 1. The van der Waals surface area contributed by atoms with E-state index in [9.17, 15) is 4.39 Å². The van der Waals surface area contributed by atoms with Crippen LogP contribution < -0.4 is 4.74 Å². The third-order valence-electron chi connectivity index (χ3n) is 2.87. The van der Waals surface area contributed by atoms with Crippen LogP contribution in [0.4, 0.5) is 4.39 Å². The van der Waals surface area contributed by atoms with Gasteiger partial charge in [-0.3, -0.25) is 0 Å². The average molecular weight is 309 g/mol. The Bertz CT molecular complexity index is 515. The molecule has 0 saturated heterocycles. The molecule has 0 radical (unpaired) electrons. The van der Waals surface area contributed by atoms with Gasteiger partial charge in [-0.05, 0) is 64.7 Å². The minimum absolute atomic E-state index is 0.284. The molecule has 0 aliphatic heterocycles. The van der Waals surface area contributed by atoms with Gasteiger partial charge in [0.05, 0.1) is 4.47 Å². The van der Waals surface area contributed by atoms with Crippen LogP contribution in [-0.2, 0) is 6.61 Å². The molecule has 1 nitrogen and oxygen atoms in total. The molecular formula is C15H14BrFO. The van der Waals surface area contributed by atoms with Crippen molar-refractivity contribution in [3.8, 4) is 5.75 Å². The lowest BCUT2D eigenvalue weighted by molar-refractivity contribution is 0.305. The van der Waals surface area contributed by atoms with Gasteiger partial charge in [-0.1, -0.05) is 18.2 Å². The summed E-state index contributed by atoms with van der Waals surface area (Å²) in [6, 6.07) is 10.9. The Hall–Kier alpha value is -1.35. The van der Waals surface area contributed by atoms with Crippen LogP contribution in [0, 0.1) is 19.7 Å². The van der Waals surface area contributed by atoms with Crippen molar-refractivity contribution in [3.05, 3.63) is 63.4 Å². The molecule has 94 valence electrons. The summed E-state index contributed by atoms with van der Waals surface area (Å²) in [6.45, 7) is 4.64. The van der Waals surface area contributed by atoms with E-state index in [1.165, 1.54) is 17.2 Å². The van der Waals surface area contributed by atoms with Crippen LogP contribution in [0.5, 0.6) is 5.75 Å². The maximum Gasteiger partial charge on any atom is 0.137 e. The molecule has 2 aromatic carbocycles. The monoisotopic (exact) mass is 308 g/mol. The molecule has 0 spiro atoms. The minimum Gasteiger partial charge on any atom is -0.489 e. The Morgan fingerprint density at radius 3 is 2.50 bits per heavy atom. The molecule has 3 heteroatoms. The van der Waals surface area contributed by atoms with Gasteiger partial charge in [0.25, 0.3) is 0 Å². The van der Waals surface area contributed by atoms with Crippen molar-refractivity contribution >= 4 is 15.9 Å². The zero-order valence-corrected chi connectivity index (χ0v) is 11.9. The van der Waals surface area contributed by atoms with Crippen molar-refractivity contribution in [1.82, 2.24) is 0 Å². The van der Waals surface area contributed by atoms with Gasteiger partial charge in [-0.15, -0.1) is 0 Å². The molecule has 18 heavy (non-hydrogen) atoms. The molecule has 0 aliphatic carbocycles. The van der Waals surface area contributed by atoms with Crippen LogP contribution in [0.25, 0.3) is 0 Å². The first-order valence-electron chi connectivity index (χ1n) is 5.70. The predicted molar refractivity (Wildman–Crippen MR) is 74.3 cm³/mol. The fraction of sp³-hybridized carbons (Fsp3) is 0.200. The molecule has 0 unspecified atom stereocenters. The Morgan fingerprint density at radius 1 is 1.06 bits per heavy atom. The Balaban J connectivity index is 2.06. The van der Waals surface area contributed by atoms with E-state index < -0.39 is 0 Å². The lowest BCUT2D eigenvalue weighted by atomic mass is 10.1. The number of aryl methyl sites for hydroxylation is 2. The highest BCUT2D eigenvalue weighted by Gasteiger charge is 2.02. The Morgan fingerprint density at radius 2 is 1.83 bits per heavy atom. The molecule has 0 aliphatic rings. The van der Waals surface area contributed by atoms with Crippen LogP contribution in [0.1, 0.15) is 16.7 Å². The van der Waals surface area contributed by atoms with Crippen LogP contribution in [0.3, 0.4) is 0 Å². The van der Waals surface area contributed by atoms with Gasteiger partial charge in [0, 0.05) is 0 Å². The topological polar surface area (TPSA) is 9.23 Å². The summed E-state index contributed by atoms with van der Waals surface area (Å²) in [5, 5.41) is 0. The SMILES string of the molecule is Cc1ccc(COc2ccc(F)c(Br)c2)cc1C. The quantitative estimate of drug-likeness (QED) is 0.792. The first-order valence-corrected chi connectivity index (χ1v) is 6.49. The highest BCUT2D eigenvalue weighted by atomic mass is 79.9. The van der Waals surface area contributed by atoms with E-state index in [0.29, 0.717) is 16.8 Å². The summed E-state index contributed by atoms with van der Waals surface area (Å²) >= 11 is 3.14. The highest BCUT2D eigenvalue weighted by Crippen LogP contribution is 2.22. The largest absolute Gasteiger partial charge is 0.489 e. The second-order valence-electron chi connectivity index (χ2n) is 4.28. The third-order valence-corrected chi connectivity index (χ3v) is 3.48. The third kappa shape index (κ3) is 3.10. The van der Waals surface area contributed by atoms with Crippen molar-refractivity contribution in [2.75, 3.05) is 0 Å². The lowest BCUT2D eigenvalue weighted by Crippen LogP contribution is -1.96. The molecule has 0 heterocycles. The van der Waals surface area contributed by atoms with Crippen LogP contribution >= 0.6 is 15.9 Å². The molecule has 0 amide bonds. The summed E-state index contributed by atoms with van der Waals surface area (Å²) in [5.74, 6) is 0.370. The van der Waals surface area contributed by atoms with Crippen molar-refractivity contribution in [2.45, 2.75) is 20.5 Å². The van der Waals surface area contributed by atoms with Crippen molar-refractivity contribution in [1.29, 1.82) is 0 Å². The van der Waals surface area contributed by atoms with E-state index in [1.54, 1.807) is 12.1 Å². The highest BCUT2D eigenvalue weighted by molar-refractivity contribution is 9.10. The van der Waals surface area contributed by atoms with Crippen LogP contribution in [-0.4, -0.2) is 0 Å². The maximum atomic E-state index is 13.1. The first kappa shape index (κ1) is 13.1. The van der Waals surface area contributed by atoms with E-state index >= 15 is 0 Å². The van der Waals surface area contributed by atoms with E-state index in [0.717, 1.165) is 5.56 Å². The molecule has 0 saturated carbocycles. The Kier molecular flexibility index (Phi) is 4.02. The van der Waals surface area contributed by atoms with Crippen molar-refractivity contribution < 1.29 is 9.13 Å². The standard InChI is InChI=1S/C15H14BrFO/c1-10-3-4-12(7-11(10)2)9-18-13-5-6-15(17)14(16)8-13/h3-8H,9H2,1-2H3. The summed E-state index contributed by atoms with van der Waals surface area (Å²) in [4.78, 5) is 0. The zero-order valence-electron chi connectivity index (χ0n) is 10.3. The first-order chi connectivity index (χ1) is 8.56. The zero-order chi connectivity index (χ0) is 13.1. The number of hydrogen-bond acceptors (Lipinski definition) is 1. The van der Waals surface area contributed by atoms with E-state index in [1.807, 2.05) is 6.07 Å². The number of benzene rings is 2. The molecular weight excluding hydrogens is 295 g/mol. The van der Waals surface area contributed by atoms with E-state index in [4.69, 9.17) is 4.74 Å². The molecule has 2 aromatic rings. The average Bonchev–Trinajstić information content (AvgIpc) is 2.35. The second kappa shape index (κ2) is 5.53. The number of rotatable bonds is 3. The molecule has 0 atom stereocenters. The summed E-state index contributed by atoms with van der Waals surface area (Å²) in [5.41, 5.74) is 3.62. The van der Waals surface area contributed by atoms with Gasteiger partial charge >= 0.3 is 0 Å². The maximum absolute atomic E-state index is 13.1. The molecule has 0 fully saturated rings. The molecule has 0 bridgehead atoms. The van der Waals surface area contributed by atoms with Gasteiger partial charge in [0.15, 0.2) is 0 Å². The van der Waals surface area contributed by atoms with E-state index in [2.05, 4.69) is 41.9 Å². The van der Waals surface area contributed by atoms with E-state index in [-0.39, 0.29) is 5.82 Å². The molecule has 2 rings (SSSR count). The van der Waals surface area contributed by atoms with Gasteiger partial charge in [0.1, 0.15) is 18.2 Å². The van der Waals surface area contributed by atoms with Crippen LogP contribution in [0.2, 0.25) is 0 Å². The molecule has 0 N–H and O–H groups in total. The van der Waals surface area contributed by atoms with Gasteiger partial charge < -0.3 is 4.74 Å². The predicted octanol–water partition coefficient (Wildman–Crippen LogP) is 4.78. The van der Waals surface area contributed by atoms with Gasteiger partial charge in [0.2, 0.25) is 0 Å². The summed E-state index contributed by atoms with van der Waals surface area (Å²) in [6.07, 6.45) is 0. The number of halogens is 2. The normalized spacial score (nSPS) is 10.4. The summed E-state index contributed by atoms with van der Waals surface area (Å²) < 4.78 is 19.1. The van der Waals surface area contributed by atoms with Gasteiger partial charge in [-0.25, -0.2) is 4.39 Å². The lowest BCUT2D eigenvalue weighted by Gasteiger charge is -2.08. The Labute approximate surface area is 115 Å². The summed E-state index contributed by atoms with van der Waals surface area (Å²) in [7, 11) is 0. The fourth-order valence-electron chi connectivity index (χ4n) is 1.63. The smallest absolute Gasteiger partial charge is 0.137 e. The fourth-order valence-corrected chi connectivity index (χ4v) is 1.98. The number of hydrogen-bond donors (Lipinski definition) is 0. The van der Waals surface area contributed by atoms with Crippen molar-refractivity contribution in [3.63, 3.8) is 0 Å². The van der Waals surface area contributed by atoms with Gasteiger partial charge in [-0.2, -0.15) is 0 Å². The molecule has 0 aromatic heterocycles. The minimum atomic E-state index is -0.284. The van der Waals surface area contributed by atoms with Crippen molar-refractivity contribution in [2.24, 2.45) is 0 Å². The second-order valence-corrected chi connectivity index (χ2v) is 5.14. The van der Waals surface area contributed by atoms with Crippen LogP contribution in [0.15, 0.2) is 40.9 Å².